The van der Waals surface area contributed by atoms with Gasteiger partial charge in [-0.1, -0.05) is 11.6 Å². The van der Waals surface area contributed by atoms with Crippen molar-refractivity contribution in [2.24, 2.45) is 0 Å². The van der Waals surface area contributed by atoms with Gasteiger partial charge in [0.1, 0.15) is 0 Å². The van der Waals surface area contributed by atoms with Gasteiger partial charge in [0.2, 0.25) is 5.88 Å². The number of aromatic nitrogens is 1. The standard InChI is InChI=1S/C16H22ClF2N3O4S/c1-15(2,27(24)25)5-6-20-12-7-16(18,19)10-22(9-12)14(23)26-13-4-3-11(17)8-21-13/h3-4,8,12,20H,5-7,9-10H2,1-2H3,(H,24,25)/p-1. The first-order chi connectivity index (χ1) is 12.5. The van der Waals surface area contributed by atoms with E-state index in [1.54, 1.807) is 13.8 Å². The van der Waals surface area contributed by atoms with Gasteiger partial charge in [-0.2, -0.15) is 0 Å². The minimum absolute atomic E-state index is 0.0168. The normalized spacial score (nSPS) is 21.0. The van der Waals surface area contributed by atoms with Gasteiger partial charge >= 0.3 is 6.09 Å². The van der Waals surface area contributed by atoms with Crippen LogP contribution in [0.4, 0.5) is 13.6 Å². The highest BCUT2D eigenvalue weighted by molar-refractivity contribution is 7.80. The highest BCUT2D eigenvalue weighted by Gasteiger charge is 2.42. The van der Waals surface area contributed by atoms with Gasteiger partial charge in [0.05, 0.1) is 11.6 Å². The lowest BCUT2D eigenvalue weighted by atomic mass is 10.0. The number of piperidine rings is 1. The molecular weight excluding hydrogens is 404 g/mol. The fourth-order valence-electron chi connectivity index (χ4n) is 2.61. The van der Waals surface area contributed by atoms with Gasteiger partial charge in [0.15, 0.2) is 0 Å². The van der Waals surface area contributed by atoms with Crippen LogP contribution in [-0.4, -0.2) is 61.1 Å². The van der Waals surface area contributed by atoms with Crippen molar-refractivity contribution in [3.8, 4) is 5.88 Å². The van der Waals surface area contributed by atoms with Crippen molar-refractivity contribution in [1.82, 2.24) is 15.2 Å². The molecule has 0 aliphatic carbocycles. The number of likely N-dealkylation sites (tertiary alicyclic amines) is 1. The van der Waals surface area contributed by atoms with Crippen molar-refractivity contribution in [3.63, 3.8) is 0 Å². The summed E-state index contributed by atoms with van der Waals surface area (Å²) in [5.41, 5.74) is 0. The molecule has 0 saturated carbocycles. The summed E-state index contributed by atoms with van der Waals surface area (Å²) in [6.07, 6.45) is 0.152. The maximum absolute atomic E-state index is 14.0. The first-order valence-electron chi connectivity index (χ1n) is 8.27. The minimum Gasteiger partial charge on any atom is -0.772 e. The largest absolute Gasteiger partial charge is 0.772 e. The molecule has 1 amide bonds. The molecule has 0 spiro atoms. The van der Waals surface area contributed by atoms with E-state index in [-0.39, 0.29) is 25.4 Å². The lowest BCUT2D eigenvalue weighted by molar-refractivity contribution is -0.0675. The van der Waals surface area contributed by atoms with Crippen LogP contribution in [0.2, 0.25) is 5.02 Å². The van der Waals surface area contributed by atoms with Gasteiger partial charge in [-0.15, -0.1) is 0 Å². The molecule has 1 aromatic rings. The van der Waals surface area contributed by atoms with Crippen LogP contribution >= 0.6 is 11.6 Å². The predicted octanol–water partition coefficient (Wildman–Crippen LogP) is 2.58. The van der Waals surface area contributed by atoms with Gasteiger partial charge in [-0.05, 0) is 44.0 Å². The Kier molecular flexibility index (Phi) is 7.12. The molecule has 152 valence electrons. The average Bonchev–Trinajstić information content (AvgIpc) is 2.55. The van der Waals surface area contributed by atoms with Gasteiger partial charge in [-0.25, -0.2) is 18.6 Å². The summed E-state index contributed by atoms with van der Waals surface area (Å²) in [6.45, 7) is 2.59. The van der Waals surface area contributed by atoms with Crippen molar-refractivity contribution in [1.29, 1.82) is 0 Å². The number of hydrogen-bond donors (Lipinski definition) is 1. The number of alkyl halides is 2. The summed E-state index contributed by atoms with van der Waals surface area (Å²) < 4.78 is 54.3. The number of nitrogens with zero attached hydrogens (tertiary/aromatic N) is 2. The summed E-state index contributed by atoms with van der Waals surface area (Å²) in [4.78, 5) is 16.9. The monoisotopic (exact) mass is 424 g/mol. The fourth-order valence-corrected chi connectivity index (χ4v) is 2.99. The van der Waals surface area contributed by atoms with E-state index in [9.17, 15) is 22.3 Å². The van der Waals surface area contributed by atoms with Crippen LogP contribution in [0.5, 0.6) is 5.88 Å². The maximum Gasteiger partial charge on any atom is 0.416 e. The molecule has 1 N–H and O–H groups in total. The van der Waals surface area contributed by atoms with E-state index in [1.807, 2.05) is 0 Å². The number of rotatable bonds is 6. The van der Waals surface area contributed by atoms with Crippen LogP contribution in [-0.2, 0) is 11.1 Å². The molecule has 1 aliphatic heterocycles. The number of nitrogens with one attached hydrogen (secondary N) is 1. The maximum atomic E-state index is 14.0. The number of carbonyl (C=O) groups excluding carboxylic acids is 1. The van der Waals surface area contributed by atoms with Gasteiger partial charge < -0.3 is 19.5 Å². The molecule has 1 aromatic heterocycles. The van der Waals surface area contributed by atoms with Gasteiger partial charge in [0, 0.05) is 36.0 Å². The highest BCUT2D eigenvalue weighted by atomic mass is 35.5. The topological polar surface area (TPSA) is 94.6 Å². The molecule has 0 radical (unpaired) electrons. The molecule has 11 heteroatoms. The Hall–Kier alpha value is -1.36. The Bertz CT molecular complexity index is 691. The van der Waals surface area contributed by atoms with Crippen molar-refractivity contribution in [2.45, 2.75) is 43.4 Å². The average molecular weight is 425 g/mol. The summed E-state index contributed by atoms with van der Waals surface area (Å²) in [5, 5.41) is 3.26. The zero-order valence-corrected chi connectivity index (χ0v) is 16.5. The molecule has 2 unspecified atom stereocenters. The molecule has 1 aliphatic rings. The quantitative estimate of drug-likeness (QED) is 0.705. The number of halogens is 3. The zero-order chi connectivity index (χ0) is 20.2. The summed E-state index contributed by atoms with van der Waals surface area (Å²) >= 11 is 3.42. The second kappa shape index (κ2) is 8.76. The van der Waals surface area contributed by atoms with Crippen LogP contribution in [0.3, 0.4) is 0 Å². The first-order valence-corrected chi connectivity index (χ1v) is 9.73. The third kappa shape index (κ3) is 6.63. The molecule has 2 heterocycles. The van der Waals surface area contributed by atoms with E-state index < -0.39 is 46.9 Å². The third-order valence-electron chi connectivity index (χ3n) is 4.17. The van der Waals surface area contributed by atoms with E-state index >= 15 is 0 Å². The predicted molar refractivity (Wildman–Crippen MR) is 95.8 cm³/mol. The Labute approximate surface area is 163 Å². The number of pyridine rings is 1. The number of hydrogen-bond acceptors (Lipinski definition) is 6. The molecule has 0 aromatic carbocycles. The molecule has 0 bridgehead atoms. The number of carbonyl (C=O) groups is 1. The Morgan fingerprint density at radius 1 is 1.56 bits per heavy atom. The third-order valence-corrected chi connectivity index (χ3v) is 5.50. The molecule has 1 fully saturated rings. The van der Waals surface area contributed by atoms with E-state index in [2.05, 4.69) is 10.3 Å². The summed E-state index contributed by atoms with van der Waals surface area (Å²) in [5.74, 6) is -3.12. The number of amides is 1. The first kappa shape index (κ1) is 21.9. The van der Waals surface area contributed by atoms with Crippen molar-refractivity contribution >= 4 is 28.8 Å². The second-order valence-electron chi connectivity index (χ2n) is 7.02. The highest BCUT2D eigenvalue weighted by Crippen LogP contribution is 2.28. The minimum atomic E-state index is -3.08. The fraction of sp³-hybridized carbons (Fsp3) is 0.625. The lowest BCUT2D eigenvalue weighted by Gasteiger charge is -2.37. The van der Waals surface area contributed by atoms with Crippen LogP contribution in [0.1, 0.15) is 26.7 Å². The molecular formula is C16H21ClF2N3O4S-. The lowest BCUT2D eigenvalue weighted by Crippen LogP contribution is -2.56. The number of ether oxygens (including phenoxy) is 1. The van der Waals surface area contributed by atoms with Crippen molar-refractivity contribution in [2.75, 3.05) is 19.6 Å². The molecule has 1 saturated heterocycles. The van der Waals surface area contributed by atoms with E-state index in [0.29, 0.717) is 5.02 Å². The van der Waals surface area contributed by atoms with E-state index in [1.165, 1.54) is 18.3 Å². The van der Waals surface area contributed by atoms with Gasteiger partial charge in [0.25, 0.3) is 5.92 Å². The molecule has 7 nitrogen and oxygen atoms in total. The Morgan fingerprint density at radius 3 is 2.85 bits per heavy atom. The Balaban J connectivity index is 1.94. The van der Waals surface area contributed by atoms with E-state index in [4.69, 9.17) is 16.3 Å². The van der Waals surface area contributed by atoms with E-state index in [0.717, 1.165) is 4.90 Å². The Morgan fingerprint density at radius 2 is 2.26 bits per heavy atom. The van der Waals surface area contributed by atoms with Crippen molar-refractivity contribution in [3.05, 3.63) is 23.4 Å². The van der Waals surface area contributed by atoms with Crippen LogP contribution < -0.4 is 10.1 Å². The van der Waals surface area contributed by atoms with Crippen molar-refractivity contribution < 1.29 is 27.1 Å². The van der Waals surface area contributed by atoms with Gasteiger partial charge in [-0.3, -0.25) is 4.21 Å². The summed E-state index contributed by atoms with van der Waals surface area (Å²) in [7, 11) is 0. The second-order valence-corrected chi connectivity index (χ2v) is 9.03. The molecule has 2 atom stereocenters. The summed E-state index contributed by atoms with van der Waals surface area (Å²) in [6, 6.07) is 2.15. The van der Waals surface area contributed by atoms with Crippen LogP contribution in [0.25, 0.3) is 0 Å². The molecule has 2 rings (SSSR count). The SMILES string of the molecule is CC(C)(CCNC1CN(C(=O)Oc2ccc(Cl)cn2)CC(F)(F)C1)S(=O)[O-]. The zero-order valence-electron chi connectivity index (χ0n) is 14.9. The van der Waals surface area contributed by atoms with Crippen LogP contribution in [0.15, 0.2) is 18.3 Å². The molecule has 27 heavy (non-hydrogen) atoms. The van der Waals surface area contributed by atoms with Crippen LogP contribution in [0, 0.1) is 0 Å². The smallest absolute Gasteiger partial charge is 0.416 e.